The summed E-state index contributed by atoms with van der Waals surface area (Å²) in [7, 11) is 0. The molecule has 0 unspecified atom stereocenters. The number of amides is 1. The molecule has 24 heavy (non-hydrogen) atoms. The molecule has 1 aromatic heterocycles. The molecular weight excluding hydrogens is 322 g/mol. The molecule has 3 aromatic rings. The summed E-state index contributed by atoms with van der Waals surface area (Å²) < 4.78 is 1.71. The summed E-state index contributed by atoms with van der Waals surface area (Å²) in [5, 5.41) is 14.8. The van der Waals surface area contributed by atoms with Crippen molar-refractivity contribution in [3.05, 3.63) is 66.0 Å². The molecule has 7 heteroatoms. The minimum atomic E-state index is -0.0664. The van der Waals surface area contributed by atoms with Gasteiger partial charge < -0.3 is 5.32 Å². The zero-order valence-electron chi connectivity index (χ0n) is 13.2. The van der Waals surface area contributed by atoms with E-state index >= 15 is 0 Å². The van der Waals surface area contributed by atoms with Gasteiger partial charge in [-0.1, -0.05) is 30.3 Å². The highest BCUT2D eigenvalue weighted by Gasteiger charge is 2.13. The molecule has 1 N–H and O–H groups in total. The molecule has 122 valence electrons. The number of nitrogens with one attached hydrogen (secondary N) is 1. The standard InChI is InChI=1S/C17H17N5OS/c1-2-18-17(23)14-10-6-7-11-15(14)24-12-16-19-20-21-22(16)13-8-4-3-5-9-13/h3-11H,2,12H2,1H3,(H,18,23). The first-order valence-electron chi connectivity index (χ1n) is 7.62. The second-order valence-electron chi connectivity index (χ2n) is 4.99. The van der Waals surface area contributed by atoms with E-state index < -0.39 is 0 Å². The average Bonchev–Trinajstić information content (AvgIpc) is 3.10. The van der Waals surface area contributed by atoms with E-state index in [0.29, 0.717) is 17.9 Å². The van der Waals surface area contributed by atoms with Crippen LogP contribution in [0.5, 0.6) is 0 Å². The summed E-state index contributed by atoms with van der Waals surface area (Å²) in [6.07, 6.45) is 0. The van der Waals surface area contributed by atoms with E-state index in [1.165, 1.54) is 0 Å². The number of rotatable bonds is 6. The van der Waals surface area contributed by atoms with E-state index in [-0.39, 0.29) is 5.91 Å². The van der Waals surface area contributed by atoms with Gasteiger partial charge in [0.05, 0.1) is 17.0 Å². The molecule has 0 saturated heterocycles. The molecule has 0 bridgehead atoms. The van der Waals surface area contributed by atoms with Gasteiger partial charge in [-0.3, -0.25) is 4.79 Å². The molecule has 0 fully saturated rings. The van der Waals surface area contributed by atoms with Gasteiger partial charge in [0.1, 0.15) is 0 Å². The van der Waals surface area contributed by atoms with Crippen LogP contribution in [0.15, 0.2) is 59.5 Å². The van der Waals surface area contributed by atoms with Crippen molar-refractivity contribution in [3.63, 3.8) is 0 Å². The fourth-order valence-electron chi connectivity index (χ4n) is 2.24. The van der Waals surface area contributed by atoms with Gasteiger partial charge in [-0.15, -0.1) is 16.9 Å². The van der Waals surface area contributed by atoms with Gasteiger partial charge in [-0.2, -0.15) is 4.68 Å². The van der Waals surface area contributed by atoms with E-state index in [1.807, 2.05) is 61.5 Å². The third kappa shape index (κ3) is 3.62. The Morgan fingerprint density at radius 3 is 2.67 bits per heavy atom. The second-order valence-corrected chi connectivity index (χ2v) is 6.00. The first-order chi connectivity index (χ1) is 11.8. The molecule has 1 heterocycles. The van der Waals surface area contributed by atoms with Crippen LogP contribution in [0, 0.1) is 0 Å². The highest BCUT2D eigenvalue weighted by atomic mass is 32.2. The smallest absolute Gasteiger partial charge is 0.252 e. The zero-order valence-corrected chi connectivity index (χ0v) is 14.0. The summed E-state index contributed by atoms with van der Waals surface area (Å²) in [5.41, 5.74) is 1.58. The molecule has 1 amide bonds. The Balaban J connectivity index is 1.78. The van der Waals surface area contributed by atoms with E-state index in [2.05, 4.69) is 20.8 Å². The van der Waals surface area contributed by atoms with Gasteiger partial charge in [-0.05, 0) is 41.6 Å². The predicted octanol–water partition coefficient (Wildman–Crippen LogP) is 2.70. The molecule has 0 aliphatic heterocycles. The SMILES string of the molecule is CCNC(=O)c1ccccc1SCc1nnnn1-c1ccccc1. The van der Waals surface area contributed by atoms with Gasteiger partial charge in [0, 0.05) is 11.4 Å². The molecule has 3 rings (SSSR count). The van der Waals surface area contributed by atoms with Crippen molar-refractivity contribution in [2.24, 2.45) is 0 Å². The number of para-hydroxylation sites is 1. The van der Waals surface area contributed by atoms with Gasteiger partial charge in [0.25, 0.3) is 5.91 Å². The molecule has 0 atom stereocenters. The number of carbonyl (C=O) groups excluding carboxylic acids is 1. The molecule has 0 saturated carbocycles. The number of hydrogen-bond donors (Lipinski definition) is 1. The summed E-state index contributed by atoms with van der Waals surface area (Å²) in [6.45, 7) is 2.51. The van der Waals surface area contributed by atoms with Crippen molar-refractivity contribution in [3.8, 4) is 5.69 Å². The van der Waals surface area contributed by atoms with Gasteiger partial charge in [-0.25, -0.2) is 0 Å². The van der Waals surface area contributed by atoms with Crippen LogP contribution in [-0.2, 0) is 5.75 Å². The average molecular weight is 339 g/mol. The number of aromatic nitrogens is 4. The first kappa shape index (κ1) is 16.2. The van der Waals surface area contributed by atoms with Crippen LogP contribution < -0.4 is 5.32 Å². The van der Waals surface area contributed by atoms with Crippen molar-refractivity contribution >= 4 is 17.7 Å². The van der Waals surface area contributed by atoms with Crippen molar-refractivity contribution in [1.82, 2.24) is 25.5 Å². The van der Waals surface area contributed by atoms with E-state index in [1.54, 1.807) is 16.4 Å². The Kier molecular flexibility index (Phi) is 5.22. The Hall–Kier alpha value is -2.67. The van der Waals surface area contributed by atoms with Gasteiger partial charge in [0.15, 0.2) is 5.82 Å². The minimum absolute atomic E-state index is 0.0664. The highest BCUT2D eigenvalue weighted by Crippen LogP contribution is 2.26. The fourth-order valence-corrected chi connectivity index (χ4v) is 3.20. The molecule has 6 nitrogen and oxygen atoms in total. The zero-order chi connectivity index (χ0) is 16.8. The molecule has 0 aliphatic carbocycles. The lowest BCUT2D eigenvalue weighted by Crippen LogP contribution is -2.23. The third-order valence-corrected chi connectivity index (χ3v) is 4.43. The van der Waals surface area contributed by atoms with Crippen molar-refractivity contribution in [2.45, 2.75) is 17.6 Å². The van der Waals surface area contributed by atoms with Gasteiger partial charge in [0.2, 0.25) is 0 Å². The molecule has 2 aromatic carbocycles. The van der Waals surface area contributed by atoms with Crippen LogP contribution in [0.25, 0.3) is 5.69 Å². The molecule has 0 radical (unpaired) electrons. The van der Waals surface area contributed by atoms with Gasteiger partial charge >= 0.3 is 0 Å². The maximum atomic E-state index is 12.1. The fraction of sp³-hybridized carbons (Fsp3) is 0.176. The lowest BCUT2D eigenvalue weighted by molar-refractivity contribution is 0.0953. The molecular formula is C17H17N5OS. The number of tetrazole rings is 1. The normalized spacial score (nSPS) is 10.5. The van der Waals surface area contributed by atoms with Crippen LogP contribution in [0.1, 0.15) is 23.1 Å². The molecule has 0 aliphatic rings. The van der Waals surface area contributed by atoms with Crippen LogP contribution >= 0.6 is 11.8 Å². The van der Waals surface area contributed by atoms with Crippen LogP contribution in [0.2, 0.25) is 0 Å². The quantitative estimate of drug-likeness (QED) is 0.699. The Morgan fingerprint density at radius 1 is 1.12 bits per heavy atom. The number of benzene rings is 2. The third-order valence-electron chi connectivity index (χ3n) is 3.36. The van der Waals surface area contributed by atoms with Crippen LogP contribution in [0.4, 0.5) is 0 Å². The monoisotopic (exact) mass is 339 g/mol. The first-order valence-corrected chi connectivity index (χ1v) is 8.61. The summed E-state index contributed by atoms with van der Waals surface area (Å²) in [4.78, 5) is 13.1. The highest BCUT2D eigenvalue weighted by molar-refractivity contribution is 7.98. The predicted molar refractivity (Wildman–Crippen MR) is 93.2 cm³/mol. The summed E-state index contributed by atoms with van der Waals surface area (Å²) in [5.74, 6) is 1.23. The van der Waals surface area contributed by atoms with Crippen LogP contribution in [0.3, 0.4) is 0 Å². The number of carbonyl (C=O) groups is 1. The van der Waals surface area contributed by atoms with E-state index in [4.69, 9.17) is 0 Å². The lowest BCUT2D eigenvalue weighted by Gasteiger charge is -2.09. The maximum absolute atomic E-state index is 12.1. The summed E-state index contributed by atoms with van der Waals surface area (Å²) >= 11 is 1.54. The van der Waals surface area contributed by atoms with Crippen molar-refractivity contribution in [1.29, 1.82) is 0 Å². The summed E-state index contributed by atoms with van der Waals surface area (Å²) in [6, 6.07) is 17.3. The topological polar surface area (TPSA) is 72.7 Å². The Morgan fingerprint density at radius 2 is 1.88 bits per heavy atom. The van der Waals surface area contributed by atoms with Crippen molar-refractivity contribution in [2.75, 3.05) is 6.54 Å². The number of hydrogen-bond acceptors (Lipinski definition) is 5. The number of nitrogens with zero attached hydrogens (tertiary/aromatic N) is 4. The van der Waals surface area contributed by atoms with E-state index in [9.17, 15) is 4.79 Å². The Bertz CT molecular complexity index is 819. The van der Waals surface area contributed by atoms with Crippen LogP contribution in [-0.4, -0.2) is 32.7 Å². The minimum Gasteiger partial charge on any atom is -0.352 e. The van der Waals surface area contributed by atoms with E-state index in [0.717, 1.165) is 16.4 Å². The van der Waals surface area contributed by atoms with Crippen molar-refractivity contribution < 1.29 is 4.79 Å². The lowest BCUT2D eigenvalue weighted by atomic mass is 10.2. The maximum Gasteiger partial charge on any atom is 0.252 e. The Labute approximate surface area is 144 Å². The largest absolute Gasteiger partial charge is 0.352 e. The second kappa shape index (κ2) is 7.74. The molecule has 0 spiro atoms. The number of thioether (sulfide) groups is 1.